The number of nitrogens with one attached hydrogen (secondary N) is 2. The maximum Gasteiger partial charge on any atom is 0.408 e. The maximum atomic E-state index is 14.5. The lowest BCUT2D eigenvalue weighted by Crippen LogP contribution is -2.58. The van der Waals surface area contributed by atoms with E-state index in [2.05, 4.69) is 10.6 Å². The molecule has 3 amide bonds. The Balaban J connectivity index is 2.64. The van der Waals surface area contributed by atoms with Gasteiger partial charge in [0.2, 0.25) is 5.91 Å². The summed E-state index contributed by atoms with van der Waals surface area (Å²) < 4.78 is 10.7. The number of amides is 3. The first-order chi connectivity index (χ1) is 18.4. The van der Waals surface area contributed by atoms with Crippen LogP contribution in [0, 0.1) is 19.8 Å². The van der Waals surface area contributed by atoms with Gasteiger partial charge in [0, 0.05) is 11.2 Å². The molecule has 8 nitrogen and oxygen atoms in total. The molecule has 0 radical (unpaired) electrons. The zero-order valence-corrected chi connectivity index (χ0v) is 26.0. The van der Waals surface area contributed by atoms with Gasteiger partial charge in [-0.1, -0.05) is 32.0 Å². The summed E-state index contributed by atoms with van der Waals surface area (Å²) in [5.74, 6) is 0.0500. The summed E-state index contributed by atoms with van der Waals surface area (Å²) in [4.78, 5) is 43.0. The highest BCUT2D eigenvalue weighted by molar-refractivity contribution is 5.99. The second-order valence-electron chi connectivity index (χ2n) is 12.6. The van der Waals surface area contributed by atoms with E-state index in [0.29, 0.717) is 17.9 Å². The minimum atomic E-state index is -0.967. The van der Waals surface area contributed by atoms with E-state index in [-0.39, 0.29) is 17.7 Å². The second-order valence-corrected chi connectivity index (χ2v) is 12.6. The zero-order chi connectivity index (χ0) is 30.4. The van der Waals surface area contributed by atoms with Crippen molar-refractivity contribution in [1.29, 1.82) is 0 Å². The number of hydrogen-bond acceptors (Lipinski definition) is 5. The van der Waals surface area contributed by atoms with Gasteiger partial charge in [0.05, 0.1) is 7.11 Å². The SMILES string of the molecule is COc1ccc(NC(=O)C(c2c(C)cccc2C)N(C(=O)C(CC(C)C)NC(=O)OC(C)(C)C)C(C)(C)C)cc1. The van der Waals surface area contributed by atoms with Gasteiger partial charge in [0.15, 0.2) is 0 Å². The van der Waals surface area contributed by atoms with E-state index < -0.39 is 29.3 Å². The maximum absolute atomic E-state index is 14.5. The molecule has 2 aromatic carbocycles. The number of alkyl carbamates (subject to hydrolysis) is 1. The fourth-order valence-corrected chi connectivity index (χ4v) is 4.68. The summed E-state index contributed by atoms with van der Waals surface area (Å²) in [7, 11) is 1.58. The predicted octanol–water partition coefficient (Wildman–Crippen LogP) is 6.56. The van der Waals surface area contributed by atoms with Crippen molar-refractivity contribution in [2.45, 2.75) is 98.9 Å². The van der Waals surface area contributed by atoms with Crippen LogP contribution in [-0.2, 0) is 14.3 Å². The summed E-state index contributed by atoms with van der Waals surface area (Å²) in [6, 6.07) is 11.0. The number of nitrogens with zero attached hydrogens (tertiary/aromatic N) is 1. The van der Waals surface area contributed by atoms with Crippen LogP contribution in [0.1, 0.15) is 84.5 Å². The molecule has 2 unspecified atom stereocenters. The van der Waals surface area contributed by atoms with Crippen LogP contribution in [0.25, 0.3) is 0 Å². The van der Waals surface area contributed by atoms with Crippen LogP contribution in [0.4, 0.5) is 10.5 Å². The van der Waals surface area contributed by atoms with E-state index in [4.69, 9.17) is 9.47 Å². The Labute approximate surface area is 239 Å². The highest BCUT2D eigenvalue weighted by Gasteiger charge is 2.43. The number of hydrogen-bond donors (Lipinski definition) is 2. The molecule has 0 saturated heterocycles. The third kappa shape index (κ3) is 9.00. The fourth-order valence-electron chi connectivity index (χ4n) is 4.68. The molecule has 220 valence electrons. The van der Waals surface area contributed by atoms with Crippen LogP contribution in [-0.4, -0.2) is 47.1 Å². The van der Waals surface area contributed by atoms with Gasteiger partial charge < -0.3 is 25.0 Å². The van der Waals surface area contributed by atoms with Crippen LogP contribution >= 0.6 is 0 Å². The van der Waals surface area contributed by atoms with Crippen LogP contribution in [0.2, 0.25) is 0 Å². The number of carbonyl (C=O) groups excluding carboxylic acids is 3. The molecule has 2 N–H and O–H groups in total. The lowest BCUT2D eigenvalue weighted by atomic mass is 9.89. The molecule has 40 heavy (non-hydrogen) atoms. The number of ether oxygens (including phenoxy) is 2. The Morgan fingerprint density at radius 2 is 1.45 bits per heavy atom. The molecule has 2 aromatic rings. The van der Waals surface area contributed by atoms with Gasteiger partial charge in [-0.3, -0.25) is 9.59 Å². The molecule has 0 aliphatic carbocycles. The summed E-state index contributed by atoms with van der Waals surface area (Å²) in [6.45, 7) is 18.8. The van der Waals surface area contributed by atoms with Crippen LogP contribution in [0.15, 0.2) is 42.5 Å². The first kappa shape index (κ1) is 32.7. The number of carbonyl (C=O) groups is 3. The average Bonchev–Trinajstić information content (AvgIpc) is 2.80. The van der Waals surface area contributed by atoms with E-state index in [1.807, 2.05) is 66.7 Å². The molecule has 0 spiro atoms. The molecule has 0 fully saturated rings. The smallest absolute Gasteiger partial charge is 0.408 e. The summed E-state index contributed by atoms with van der Waals surface area (Å²) >= 11 is 0. The Kier molecular flexibility index (Phi) is 10.8. The van der Waals surface area contributed by atoms with Crippen LogP contribution in [0.5, 0.6) is 5.75 Å². The normalized spacial score (nSPS) is 13.3. The predicted molar refractivity (Wildman–Crippen MR) is 159 cm³/mol. The van der Waals surface area contributed by atoms with Crippen molar-refractivity contribution in [2.24, 2.45) is 5.92 Å². The molecule has 0 saturated carbocycles. The Morgan fingerprint density at radius 1 is 0.900 bits per heavy atom. The quantitative estimate of drug-likeness (QED) is 0.367. The minimum absolute atomic E-state index is 0.0949. The number of methoxy groups -OCH3 is 1. The molecule has 2 rings (SSSR count). The zero-order valence-electron chi connectivity index (χ0n) is 26.0. The van der Waals surface area contributed by atoms with Crippen molar-refractivity contribution in [3.63, 3.8) is 0 Å². The molecule has 0 aromatic heterocycles. The standard InChI is InChI=1S/C32H47N3O5/c1-20(2)19-25(34-30(38)40-32(8,9)10)29(37)35(31(5,6)7)27(26-21(3)13-12-14-22(26)4)28(36)33-23-15-17-24(39-11)18-16-23/h12-18,20,25,27H,19H2,1-11H3,(H,33,36)(H,34,38). The van der Waals surface area contributed by atoms with Crippen molar-refractivity contribution in [3.05, 3.63) is 59.2 Å². The van der Waals surface area contributed by atoms with E-state index in [1.54, 1.807) is 57.0 Å². The lowest BCUT2D eigenvalue weighted by molar-refractivity contribution is -0.147. The number of benzene rings is 2. The van der Waals surface area contributed by atoms with Gasteiger partial charge in [-0.25, -0.2) is 4.79 Å². The van der Waals surface area contributed by atoms with Crippen LogP contribution < -0.4 is 15.4 Å². The van der Waals surface area contributed by atoms with E-state index >= 15 is 0 Å². The van der Waals surface area contributed by atoms with Crippen molar-refractivity contribution in [3.8, 4) is 5.75 Å². The summed E-state index contributed by atoms with van der Waals surface area (Å²) in [5, 5.41) is 5.80. The highest BCUT2D eigenvalue weighted by atomic mass is 16.6. The topological polar surface area (TPSA) is 97.0 Å². The molecule has 2 atom stereocenters. The first-order valence-corrected chi connectivity index (χ1v) is 13.8. The third-order valence-electron chi connectivity index (χ3n) is 6.34. The minimum Gasteiger partial charge on any atom is -0.497 e. The van der Waals surface area contributed by atoms with Gasteiger partial charge in [-0.2, -0.15) is 0 Å². The highest BCUT2D eigenvalue weighted by Crippen LogP contribution is 2.35. The summed E-state index contributed by atoms with van der Waals surface area (Å²) in [6.07, 6.45) is -0.295. The van der Waals surface area contributed by atoms with Gasteiger partial charge in [-0.05, 0) is 109 Å². The van der Waals surface area contributed by atoms with Gasteiger partial charge >= 0.3 is 6.09 Å². The number of aryl methyl sites for hydroxylation is 2. The molecule has 0 heterocycles. The Bertz CT molecular complexity index is 1160. The van der Waals surface area contributed by atoms with Crippen molar-refractivity contribution in [1.82, 2.24) is 10.2 Å². The molecule has 0 bridgehead atoms. The molecule has 0 aliphatic rings. The monoisotopic (exact) mass is 553 g/mol. The average molecular weight is 554 g/mol. The first-order valence-electron chi connectivity index (χ1n) is 13.8. The van der Waals surface area contributed by atoms with Crippen LogP contribution in [0.3, 0.4) is 0 Å². The Hall–Kier alpha value is -3.55. The van der Waals surface area contributed by atoms with Gasteiger partial charge in [-0.15, -0.1) is 0 Å². The van der Waals surface area contributed by atoms with Gasteiger partial charge in [0.25, 0.3) is 5.91 Å². The fraction of sp³-hybridized carbons (Fsp3) is 0.531. The number of rotatable bonds is 9. The third-order valence-corrected chi connectivity index (χ3v) is 6.34. The van der Waals surface area contributed by atoms with Crippen molar-refractivity contribution in [2.75, 3.05) is 12.4 Å². The van der Waals surface area contributed by atoms with E-state index in [1.165, 1.54) is 0 Å². The molecular formula is C32H47N3O5. The molecule has 0 aliphatic heterocycles. The summed E-state index contributed by atoms with van der Waals surface area (Å²) in [5.41, 5.74) is 1.60. The van der Waals surface area contributed by atoms with E-state index in [0.717, 1.165) is 16.7 Å². The molecule has 8 heteroatoms. The lowest BCUT2D eigenvalue weighted by Gasteiger charge is -2.44. The second kappa shape index (κ2) is 13.2. The Morgan fingerprint density at radius 3 is 1.90 bits per heavy atom. The van der Waals surface area contributed by atoms with E-state index in [9.17, 15) is 14.4 Å². The van der Waals surface area contributed by atoms with Crippen molar-refractivity contribution < 1.29 is 23.9 Å². The number of anilines is 1. The largest absolute Gasteiger partial charge is 0.497 e. The molecular weight excluding hydrogens is 506 g/mol. The van der Waals surface area contributed by atoms with Gasteiger partial charge in [0.1, 0.15) is 23.4 Å². The van der Waals surface area contributed by atoms with Crippen molar-refractivity contribution >= 4 is 23.6 Å².